The van der Waals surface area contributed by atoms with Gasteiger partial charge in [0, 0.05) is 31.9 Å². The van der Waals surface area contributed by atoms with Crippen molar-refractivity contribution in [1.29, 1.82) is 0 Å². The number of rotatable bonds is 4. The highest BCUT2D eigenvalue weighted by molar-refractivity contribution is 9.10. The van der Waals surface area contributed by atoms with Crippen LogP contribution in [0.1, 0.15) is 25.6 Å². The van der Waals surface area contributed by atoms with Crippen LogP contribution in [-0.4, -0.2) is 12.1 Å². The molecule has 0 radical (unpaired) electrons. The van der Waals surface area contributed by atoms with Crippen molar-refractivity contribution >= 4 is 33.3 Å². The van der Waals surface area contributed by atoms with Crippen LogP contribution in [0.5, 0.6) is 0 Å². The minimum atomic E-state index is 0.167. The number of benzene rings is 1. The van der Waals surface area contributed by atoms with Gasteiger partial charge in [-0.1, -0.05) is 40.2 Å². The predicted molar refractivity (Wildman–Crippen MR) is 94.2 cm³/mol. The monoisotopic (exact) mass is 349 g/mol. The molecular weight excluding hydrogens is 330 g/mol. The zero-order valence-electron chi connectivity index (χ0n) is 12.1. The van der Waals surface area contributed by atoms with E-state index in [-0.39, 0.29) is 5.54 Å². The minimum absolute atomic E-state index is 0.167. The quantitative estimate of drug-likeness (QED) is 0.759. The molecule has 0 saturated heterocycles. The van der Waals surface area contributed by atoms with Crippen molar-refractivity contribution in [3.05, 3.63) is 51.8 Å². The maximum absolute atomic E-state index is 3.61. The molecule has 0 aliphatic carbocycles. The van der Waals surface area contributed by atoms with E-state index < -0.39 is 0 Å². The molecule has 0 bridgehead atoms. The standard InChI is InChI=1S/C17H20BrNS/c1-17(2,3)19-12-6-7-13-10-11-16(20-13)14-8-4-5-9-15(14)18/h4-11,19H,12H2,1-3H3. The summed E-state index contributed by atoms with van der Waals surface area (Å²) in [5.74, 6) is 0. The lowest BCUT2D eigenvalue weighted by Gasteiger charge is -2.18. The first-order valence-corrected chi connectivity index (χ1v) is 8.33. The van der Waals surface area contributed by atoms with E-state index in [0.29, 0.717) is 0 Å². The van der Waals surface area contributed by atoms with Crippen LogP contribution < -0.4 is 5.32 Å². The highest BCUT2D eigenvalue weighted by Gasteiger charge is 2.06. The third-order valence-corrected chi connectivity index (χ3v) is 4.57. The molecule has 0 aliphatic rings. The van der Waals surface area contributed by atoms with Crippen molar-refractivity contribution in [1.82, 2.24) is 5.32 Å². The minimum Gasteiger partial charge on any atom is -0.309 e. The Kier molecular flexibility index (Phi) is 5.19. The zero-order chi connectivity index (χ0) is 14.6. The summed E-state index contributed by atoms with van der Waals surface area (Å²) in [6.07, 6.45) is 4.37. The van der Waals surface area contributed by atoms with E-state index in [0.717, 1.165) is 11.0 Å². The Morgan fingerprint density at radius 3 is 2.60 bits per heavy atom. The lowest BCUT2D eigenvalue weighted by molar-refractivity contribution is 0.450. The summed E-state index contributed by atoms with van der Waals surface area (Å²) in [6.45, 7) is 7.43. The summed E-state index contributed by atoms with van der Waals surface area (Å²) in [5.41, 5.74) is 1.42. The van der Waals surface area contributed by atoms with Crippen LogP contribution in [0.3, 0.4) is 0 Å². The Bertz CT molecular complexity index is 593. The van der Waals surface area contributed by atoms with Gasteiger partial charge in [0.05, 0.1) is 0 Å². The molecule has 20 heavy (non-hydrogen) atoms. The molecule has 106 valence electrons. The molecule has 0 atom stereocenters. The fourth-order valence-electron chi connectivity index (χ4n) is 1.79. The Hall–Kier alpha value is -0.900. The Morgan fingerprint density at radius 1 is 1.15 bits per heavy atom. The average molecular weight is 350 g/mol. The molecular formula is C17H20BrNS. The molecule has 3 heteroatoms. The van der Waals surface area contributed by atoms with Crippen molar-refractivity contribution in [3.63, 3.8) is 0 Å². The van der Waals surface area contributed by atoms with E-state index in [1.807, 2.05) is 17.4 Å². The SMILES string of the molecule is CC(C)(C)NCC=Cc1ccc(-c2ccccc2Br)s1. The molecule has 1 N–H and O–H groups in total. The van der Waals surface area contributed by atoms with Crippen LogP contribution in [0.15, 0.2) is 46.9 Å². The van der Waals surface area contributed by atoms with Crippen LogP contribution in [0, 0.1) is 0 Å². The van der Waals surface area contributed by atoms with Gasteiger partial charge in [-0.3, -0.25) is 0 Å². The van der Waals surface area contributed by atoms with Crippen LogP contribution in [0.25, 0.3) is 16.5 Å². The highest BCUT2D eigenvalue weighted by Crippen LogP contribution is 2.33. The molecule has 0 aliphatic heterocycles. The van der Waals surface area contributed by atoms with Gasteiger partial charge in [0.15, 0.2) is 0 Å². The fourth-order valence-corrected chi connectivity index (χ4v) is 3.40. The average Bonchev–Trinajstić information content (AvgIpc) is 2.83. The normalized spacial score (nSPS) is 12.2. The third kappa shape index (κ3) is 4.58. The van der Waals surface area contributed by atoms with Gasteiger partial charge in [0.25, 0.3) is 0 Å². The third-order valence-electron chi connectivity index (χ3n) is 2.80. The molecule has 1 heterocycles. The molecule has 2 aromatic rings. The van der Waals surface area contributed by atoms with Crippen LogP contribution in [0.4, 0.5) is 0 Å². The van der Waals surface area contributed by atoms with Crippen molar-refractivity contribution in [2.24, 2.45) is 0 Å². The van der Waals surface area contributed by atoms with E-state index in [1.54, 1.807) is 0 Å². The van der Waals surface area contributed by atoms with Gasteiger partial charge in [-0.15, -0.1) is 11.3 Å². The van der Waals surface area contributed by atoms with Crippen LogP contribution in [-0.2, 0) is 0 Å². The summed E-state index contributed by atoms with van der Waals surface area (Å²) < 4.78 is 1.15. The molecule has 0 saturated carbocycles. The van der Waals surface area contributed by atoms with Crippen molar-refractivity contribution in [3.8, 4) is 10.4 Å². The zero-order valence-corrected chi connectivity index (χ0v) is 14.5. The second-order valence-electron chi connectivity index (χ2n) is 5.72. The van der Waals surface area contributed by atoms with Crippen molar-refractivity contribution in [2.75, 3.05) is 6.54 Å². The Labute approximate surface area is 133 Å². The number of halogens is 1. The first-order chi connectivity index (χ1) is 9.46. The van der Waals surface area contributed by atoms with E-state index in [1.165, 1.54) is 15.3 Å². The smallest absolute Gasteiger partial charge is 0.0360 e. The van der Waals surface area contributed by atoms with Gasteiger partial charge >= 0.3 is 0 Å². The maximum atomic E-state index is 3.61. The van der Waals surface area contributed by atoms with Gasteiger partial charge < -0.3 is 5.32 Å². The van der Waals surface area contributed by atoms with Crippen molar-refractivity contribution < 1.29 is 0 Å². The van der Waals surface area contributed by atoms with E-state index >= 15 is 0 Å². The summed E-state index contributed by atoms with van der Waals surface area (Å²) in [6, 6.07) is 12.7. The van der Waals surface area contributed by atoms with Crippen molar-refractivity contribution in [2.45, 2.75) is 26.3 Å². The topological polar surface area (TPSA) is 12.0 Å². The number of hydrogen-bond acceptors (Lipinski definition) is 2. The van der Waals surface area contributed by atoms with E-state index in [2.05, 4.69) is 84.5 Å². The van der Waals surface area contributed by atoms with Gasteiger partial charge in [0.2, 0.25) is 0 Å². The molecule has 0 unspecified atom stereocenters. The second kappa shape index (κ2) is 6.70. The molecule has 1 aromatic carbocycles. The largest absolute Gasteiger partial charge is 0.309 e. The molecule has 0 amide bonds. The highest BCUT2D eigenvalue weighted by atomic mass is 79.9. The van der Waals surface area contributed by atoms with E-state index in [4.69, 9.17) is 0 Å². The first-order valence-electron chi connectivity index (χ1n) is 6.72. The summed E-state index contributed by atoms with van der Waals surface area (Å²) >= 11 is 5.42. The van der Waals surface area contributed by atoms with Gasteiger partial charge in [-0.05, 0) is 45.0 Å². The fraction of sp³-hybridized carbons (Fsp3) is 0.294. The lowest BCUT2D eigenvalue weighted by atomic mass is 10.1. The molecule has 2 rings (SSSR count). The Balaban J connectivity index is 2.03. The first kappa shape index (κ1) is 15.5. The van der Waals surface area contributed by atoms with Crippen LogP contribution >= 0.6 is 27.3 Å². The number of nitrogens with one attached hydrogen (secondary N) is 1. The van der Waals surface area contributed by atoms with Gasteiger partial charge in [-0.2, -0.15) is 0 Å². The Morgan fingerprint density at radius 2 is 1.90 bits per heavy atom. The molecule has 1 nitrogen and oxygen atoms in total. The molecule has 0 spiro atoms. The summed E-state index contributed by atoms with van der Waals surface area (Å²) in [7, 11) is 0. The lowest BCUT2D eigenvalue weighted by Crippen LogP contribution is -2.35. The van der Waals surface area contributed by atoms with Gasteiger partial charge in [0.1, 0.15) is 0 Å². The molecule has 0 fully saturated rings. The second-order valence-corrected chi connectivity index (χ2v) is 7.68. The summed E-state index contributed by atoms with van der Waals surface area (Å²) in [4.78, 5) is 2.58. The maximum Gasteiger partial charge on any atom is 0.0360 e. The van der Waals surface area contributed by atoms with Gasteiger partial charge in [-0.25, -0.2) is 0 Å². The predicted octanol–water partition coefficient (Wildman–Crippen LogP) is 5.58. The molecule has 1 aromatic heterocycles. The number of thiophene rings is 1. The van der Waals surface area contributed by atoms with Crippen LogP contribution in [0.2, 0.25) is 0 Å². The van der Waals surface area contributed by atoms with E-state index in [9.17, 15) is 0 Å². The number of hydrogen-bond donors (Lipinski definition) is 1. The summed E-state index contributed by atoms with van der Waals surface area (Å²) in [5, 5.41) is 3.45.